The van der Waals surface area contributed by atoms with Gasteiger partial charge in [0.15, 0.2) is 10.8 Å². The molecule has 0 unspecified atom stereocenters. The quantitative estimate of drug-likeness (QED) is 0.244. The van der Waals surface area contributed by atoms with Gasteiger partial charge in [-0.25, -0.2) is 32.0 Å². The molecule has 0 fully saturated rings. The zero-order valence-electron chi connectivity index (χ0n) is 18.7. The number of aromatic nitrogens is 7. The number of rotatable bonds is 5. The summed E-state index contributed by atoms with van der Waals surface area (Å²) in [6.45, 7) is 0. The summed E-state index contributed by atoms with van der Waals surface area (Å²) in [6.07, 6.45) is 0.127. The summed E-state index contributed by atoms with van der Waals surface area (Å²) in [5, 5.41) is 7.95. The Morgan fingerprint density at radius 3 is 2.39 bits per heavy atom. The second kappa shape index (κ2) is 8.71. The molecule has 5 rings (SSSR count). The van der Waals surface area contributed by atoms with Crippen LogP contribution in [0.4, 0.5) is 13.2 Å². The molecule has 184 valence electrons. The first-order valence-corrected chi connectivity index (χ1v) is 12.9. The molecule has 1 aromatic carbocycles. The van der Waals surface area contributed by atoms with Crippen LogP contribution in [-0.2, 0) is 23.2 Å². The number of pyridine rings is 1. The van der Waals surface area contributed by atoms with E-state index in [1.54, 1.807) is 37.6 Å². The summed E-state index contributed by atoms with van der Waals surface area (Å²) in [7, 11) is -2.59. The average Bonchev–Trinajstić information content (AvgIpc) is 3.47. The van der Waals surface area contributed by atoms with Crippen molar-refractivity contribution >= 4 is 32.8 Å². The van der Waals surface area contributed by atoms with E-state index in [2.05, 4.69) is 25.3 Å². The lowest BCUT2D eigenvalue weighted by Gasteiger charge is -2.11. The van der Waals surface area contributed by atoms with Crippen LogP contribution in [-0.4, -0.2) is 48.6 Å². The molecular formula is C22H16F3N7O2S2. The zero-order chi connectivity index (χ0) is 25.7. The molecule has 4 aromatic heterocycles. The Labute approximate surface area is 207 Å². The number of benzene rings is 1. The van der Waals surface area contributed by atoms with E-state index < -0.39 is 27.5 Å². The van der Waals surface area contributed by atoms with E-state index >= 15 is 0 Å². The third-order valence-corrected chi connectivity index (χ3v) is 7.63. The Morgan fingerprint density at radius 2 is 1.75 bits per heavy atom. The second-order valence-electron chi connectivity index (χ2n) is 7.58. The Kier molecular flexibility index (Phi) is 5.79. The van der Waals surface area contributed by atoms with Crippen LogP contribution >= 0.6 is 11.8 Å². The van der Waals surface area contributed by atoms with E-state index in [-0.39, 0.29) is 26.6 Å². The van der Waals surface area contributed by atoms with Gasteiger partial charge in [0, 0.05) is 30.4 Å². The van der Waals surface area contributed by atoms with Gasteiger partial charge in [0.1, 0.15) is 11.3 Å². The monoisotopic (exact) mass is 531 g/mol. The molecule has 4 heterocycles. The van der Waals surface area contributed by atoms with Crippen molar-refractivity contribution in [2.24, 2.45) is 7.05 Å². The highest BCUT2D eigenvalue weighted by atomic mass is 32.2. The van der Waals surface area contributed by atoms with E-state index in [4.69, 9.17) is 0 Å². The van der Waals surface area contributed by atoms with Gasteiger partial charge in [-0.05, 0) is 30.5 Å². The minimum Gasteiger partial charge on any atom is -0.246 e. The van der Waals surface area contributed by atoms with Crippen LogP contribution in [0.1, 0.15) is 5.56 Å². The van der Waals surface area contributed by atoms with E-state index in [1.165, 1.54) is 29.1 Å². The van der Waals surface area contributed by atoms with Crippen LogP contribution in [0.25, 0.3) is 33.7 Å². The maximum Gasteiger partial charge on any atom is 0.419 e. The normalized spacial score (nSPS) is 12.4. The third kappa shape index (κ3) is 4.01. The van der Waals surface area contributed by atoms with Crippen molar-refractivity contribution in [3.05, 3.63) is 66.6 Å². The number of thioether (sulfide) groups is 1. The van der Waals surface area contributed by atoms with E-state index in [0.717, 1.165) is 21.9 Å². The van der Waals surface area contributed by atoms with Crippen LogP contribution in [0.15, 0.2) is 71.1 Å². The van der Waals surface area contributed by atoms with Crippen molar-refractivity contribution < 1.29 is 21.6 Å². The zero-order valence-corrected chi connectivity index (χ0v) is 20.3. The Bertz CT molecular complexity index is 1700. The summed E-state index contributed by atoms with van der Waals surface area (Å²) in [5.74, 6) is 0. The molecular weight excluding hydrogens is 515 g/mol. The smallest absolute Gasteiger partial charge is 0.246 e. The molecule has 14 heteroatoms. The SMILES string of the molecule is CSc1ncc(C(F)(F)F)c(-c2cn(S(=O)(=O)c3ccccc3)c3nc(-c4cnnn4C)ccc23)n1. The molecule has 0 saturated heterocycles. The molecule has 0 radical (unpaired) electrons. The van der Waals surface area contributed by atoms with Gasteiger partial charge in [-0.2, -0.15) is 13.2 Å². The predicted octanol–water partition coefficient (Wildman–Crippen LogP) is 4.27. The van der Waals surface area contributed by atoms with Gasteiger partial charge in [-0.15, -0.1) is 5.10 Å². The van der Waals surface area contributed by atoms with Crippen LogP contribution in [0.5, 0.6) is 0 Å². The van der Waals surface area contributed by atoms with Gasteiger partial charge in [0.25, 0.3) is 10.0 Å². The number of aryl methyl sites for hydroxylation is 1. The van der Waals surface area contributed by atoms with Crippen molar-refractivity contribution in [1.29, 1.82) is 0 Å². The average molecular weight is 532 g/mol. The van der Waals surface area contributed by atoms with E-state index in [0.29, 0.717) is 17.6 Å². The van der Waals surface area contributed by atoms with Gasteiger partial charge >= 0.3 is 6.18 Å². The molecule has 0 spiro atoms. The molecule has 0 aliphatic rings. The molecule has 0 saturated carbocycles. The highest BCUT2D eigenvalue weighted by Crippen LogP contribution is 2.40. The number of hydrogen-bond acceptors (Lipinski definition) is 8. The summed E-state index contributed by atoms with van der Waals surface area (Å²) < 4.78 is 71.3. The van der Waals surface area contributed by atoms with Gasteiger partial charge in [0.2, 0.25) is 0 Å². The molecule has 5 aromatic rings. The number of fused-ring (bicyclic) bond motifs is 1. The number of halogens is 3. The number of hydrogen-bond donors (Lipinski definition) is 0. The van der Waals surface area contributed by atoms with Gasteiger partial charge in [0.05, 0.1) is 22.5 Å². The van der Waals surface area contributed by atoms with Crippen molar-refractivity contribution in [2.45, 2.75) is 16.2 Å². The fourth-order valence-corrected chi connectivity index (χ4v) is 5.37. The second-order valence-corrected chi connectivity index (χ2v) is 10.2. The van der Waals surface area contributed by atoms with Crippen LogP contribution in [0.2, 0.25) is 0 Å². The Hall–Kier alpha value is -3.78. The van der Waals surface area contributed by atoms with Gasteiger partial charge in [-0.3, -0.25) is 0 Å². The molecule has 0 aliphatic carbocycles. The van der Waals surface area contributed by atoms with Crippen LogP contribution < -0.4 is 0 Å². The fourth-order valence-electron chi connectivity index (χ4n) is 3.69. The lowest BCUT2D eigenvalue weighted by atomic mass is 10.1. The summed E-state index contributed by atoms with van der Waals surface area (Å²) in [6, 6.07) is 10.6. The maximum absolute atomic E-state index is 13.9. The highest BCUT2D eigenvalue weighted by molar-refractivity contribution is 7.98. The first-order valence-electron chi connectivity index (χ1n) is 10.3. The van der Waals surface area contributed by atoms with Crippen LogP contribution in [0.3, 0.4) is 0 Å². The Morgan fingerprint density at radius 1 is 1.00 bits per heavy atom. The fraction of sp³-hybridized carbons (Fsp3) is 0.136. The van der Waals surface area contributed by atoms with Crippen molar-refractivity contribution in [3.63, 3.8) is 0 Å². The lowest BCUT2D eigenvalue weighted by Crippen LogP contribution is -2.13. The molecule has 0 bridgehead atoms. The van der Waals surface area contributed by atoms with Crippen LogP contribution in [0, 0.1) is 0 Å². The van der Waals surface area contributed by atoms with Gasteiger partial charge < -0.3 is 0 Å². The minimum absolute atomic E-state index is 0.0447. The standard InChI is InChI=1S/C22H16F3N7O2S2/c1-31-18(11-27-30-31)17-9-8-14-15(19-16(22(23,24)25)10-26-21(29-19)35-2)12-32(20(14)28-17)36(33,34)13-6-4-3-5-7-13/h3-12H,1-2H3. The summed E-state index contributed by atoms with van der Waals surface area (Å²) in [5.41, 5.74) is -0.803. The molecule has 36 heavy (non-hydrogen) atoms. The van der Waals surface area contributed by atoms with Gasteiger partial charge in [-0.1, -0.05) is 35.2 Å². The largest absolute Gasteiger partial charge is 0.419 e. The third-order valence-electron chi connectivity index (χ3n) is 5.41. The Balaban J connectivity index is 1.86. The molecule has 0 amide bonds. The number of alkyl halides is 3. The van der Waals surface area contributed by atoms with E-state index in [1.807, 2.05) is 0 Å². The molecule has 9 nitrogen and oxygen atoms in total. The van der Waals surface area contributed by atoms with Crippen molar-refractivity contribution in [1.82, 2.24) is 33.9 Å². The highest BCUT2D eigenvalue weighted by Gasteiger charge is 2.37. The lowest BCUT2D eigenvalue weighted by molar-refractivity contribution is -0.137. The first-order chi connectivity index (χ1) is 17.1. The summed E-state index contributed by atoms with van der Waals surface area (Å²) >= 11 is 1.07. The van der Waals surface area contributed by atoms with Crippen molar-refractivity contribution in [2.75, 3.05) is 6.26 Å². The minimum atomic E-state index is -4.77. The topological polar surface area (TPSA) is 108 Å². The number of nitrogens with zero attached hydrogens (tertiary/aromatic N) is 7. The molecule has 0 N–H and O–H groups in total. The molecule has 0 atom stereocenters. The van der Waals surface area contributed by atoms with Crippen molar-refractivity contribution in [3.8, 4) is 22.6 Å². The maximum atomic E-state index is 13.9. The van der Waals surface area contributed by atoms with E-state index in [9.17, 15) is 21.6 Å². The molecule has 0 aliphatic heterocycles. The first kappa shape index (κ1) is 23.9. The predicted molar refractivity (Wildman–Crippen MR) is 127 cm³/mol. The summed E-state index contributed by atoms with van der Waals surface area (Å²) in [4.78, 5) is 12.3.